The second-order valence-corrected chi connectivity index (χ2v) is 11.1. The lowest BCUT2D eigenvalue weighted by atomic mass is 9.84. The summed E-state index contributed by atoms with van der Waals surface area (Å²) < 4.78 is 13.4. The topological polar surface area (TPSA) is 146 Å². The normalized spacial score (nSPS) is 18.7. The van der Waals surface area contributed by atoms with Crippen LogP contribution in [-0.4, -0.2) is 53.0 Å². The zero-order valence-electron chi connectivity index (χ0n) is 23.6. The molecule has 0 radical (unpaired) electrons. The quantitative estimate of drug-likeness (QED) is 0.284. The van der Waals surface area contributed by atoms with Crippen LogP contribution in [0.4, 0.5) is 4.39 Å². The first-order valence-electron chi connectivity index (χ1n) is 14.7. The maximum Gasteiger partial charge on any atom is 0.289 e. The number of rotatable bonds is 12. The highest BCUT2D eigenvalue weighted by Gasteiger charge is 2.35. The number of benzene rings is 1. The zero-order valence-corrected chi connectivity index (χ0v) is 23.6. The number of amides is 4. The molecule has 4 amide bonds. The van der Waals surface area contributed by atoms with Gasteiger partial charge in [0.15, 0.2) is 0 Å². The van der Waals surface area contributed by atoms with E-state index in [1.165, 1.54) is 6.07 Å². The molecule has 1 aromatic heterocycles. The number of piperidine rings is 1. The molecule has 10 nitrogen and oxygen atoms in total. The highest BCUT2D eigenvalue weighted by atomic mass is 19.1. The Bertz CT molecular complexity index is 1250. The summed E-state index contributed by atoms with van der Waals surface area (Å²) in [6, 6.07) is 9.14. The largest absolute Gasteiger partial charge is 0.356 e. The molecule has 2 fully saturated rings. The molecule has 1 saturated carbocycles. The highest BCUT2D eigenvalue weighted by Crippen LogP contribution is 2.28. The lowest BCUT2D eigenvalue weighted by Crippen LogP contribution is -2.55. The molecular weight excluding hydrogens is 541 g/mol. The smallest absolute Gasteiger partial charge is 0.289 e. The van der Waals surface area contributed by atoms with Crippen molar-refractivity contribution in [1.29, 1.82) is 0 Å². The van der Waals surface area contributed by atoms with E-state index in [1.807, 2.05) is 30.3 Å². The van der Waals surface area contributed by atoms with Crippen LogP contribution < -0.4 is 21.3 Å². The van der Waals surface area contributed by atoms with E-state index in [2.05, 4.69) is 26.3 Å². The molecule has 1 saturated heterocycles. The van der Waals surface area contributed by atoms with Gasteiger partial charge in [0, 0.05) is 19.0 Å². The van der Waals surface area contributed by atoms with Gasteiger partial charge >= 0.3 is 0 Å². The summed E-state index contributed by atoms with van der Waals surface area (Å²) in [6.45, 7) is 0.659. The van der Waals surface area contributed by atoms with E-state index in [0.29, 0.717) is 19.4 Å². The predicted octanol–water partition coefficient (Wildman–Crippen LogP) is 2.58. The number of nitrogens with zero attached hydrogens (tertiary/aromatic N) is 1. The molecule has 4 N–H and O–H groups in total. The van der Waals surface area contributed by atoms with E-state index < -0.39 is 47.3 Å². The Morgan fingerprint density at radius 3 is 2.36 bits per heavy atom. The molecule has 224 valence electrons. The fourth-order valence-corrected chi connectivity index (χ4v) is 5.60. The third-order valence-corrected chi connectivity index (χ3v) is 7.95. The molecule has 2 heterocycles. The molecular formula is C31H38FN5O5. The number of nitrogens with one attached hydrogen (secondary N) is 4. The SMILES string of the molecule is O=C(NCc1ccccc1)C(=O)[C@H](C[C@@H]1CCCNC1=O)NC(=O)[C@H](CC1CCCCC1)NC(=O)c1ccc(F)cn1. The van der Waals surface area contributed by atoms with Crippen LogP contribution in [0, 0.1) is 17.7 Å². The summed E-state index contributed by atoms with van der Waals surface area (Å²) in [5.74, 6) is -4.20. The molecule has 1 aliphatic carbocycles. The van der Waals surface area contributed by atoms with Crippen molar-refractivity contribution in [2.75, 3.05) is 6.54 Å². The summed E-state index contributed by atoms with van der Waals surface area (Å²) in [6.07, 6.45) is 7.41. The maximum absolute atomic E-state index is 13.7. The van der Waals surface area contributed by atoms with Crippen molar-refractivity contribution in [2.24, 2.45) is 11.8 Å². The second kappa shape index (κ2) is 15.2. The molecule has 0 unspecified atom stereocenters. The van der Waals surface area contributed by atoms with Crippen molar-refractivity contribution in [2.45, 2.75) is 76.4 Å². The van der Waals surface area contributed by atoms with Crippen molar-refractivity contribution in [3.8, 4) is 0 Å². The number of ketones is 1. The molecule has 1 aromatic carbocycles. The Morgan fingerprint density at radius 2 is 1.67 bits per heavy atom. The molecule has 11 heteroatoms. The monoisotopic (exact) mass is 579 g/mol. The standard InChI is InChI=1S/C31H38FN5O5/c32-23-13-14-24(34-19-23)29(40)37-26(16-20-8-3-1-4-9-20)30(41)36-25(17-22-12-7-15-33-28(22)39)27(38)31(42)35-18-21-10-5-2-6-11-21/h2,5-6,10-11,13-14,19-20,22,25-26H,1,3-4,7-9,12,15-18H2,(H,33,39)(H,35,42)(H,36,41)(H,37,40)/t22-,25-,26-/m0/s1. The number of hydrogen-bond donors (Lipinski definition) is 4. The van der Waals surface area contributed by atoms with Gasteiger partial charge < -0.3 is 21.3 Å². The number of carbonyl (C=O) groups excluding carboxylic acids is 5. The maximum atomic E-state index is 13.7. The molecule has 0 spiro atoms. The minimum Gasteiger partial charge on any atom is -0.356 e. The first-order valence-corrected chi connectivity index (χ1v) is 14.7. The average molecular weight is 580 g/mol. The van der Waals surface area contributed by atoms with Gasteiger partial charge in [-0.05, 0) is 49.3 Å². The van der Waals surface area contributed by atoms with Crippen LogP contribution in [0.5, 0.6) is 0 Å². The van der Waals surface area contributed by atoms with Gasteiger partial charge in [0.2, 0.25) is 17.6 Å². The van der Waals surface area contributed by atoms with Crippen LogP contribution in [0.15, 0.2) is 48.7 Å². The molecule has 42 heavy (non-hydrogen) atoms. The van der Waals surface area contributed by atoms with E-state index in [9.17, 15) is 28.4 Å². The molecule has 2 aromatic rings. The lowest BCUT2D eigenvalue weighted by Gasteiger charge is -2.29. The third-order valence-electron chi connectivity index (χ3n) is 7.95. The first kappa shape index (κ1) is 30.8. The number of halogens is 1. The van der Waals surface area contributed by atoms with Gasteiger partial charge in [-0.25, -0.2) is 9.37 Å². The van der Waals surface area contributed by atoms with E-state index in [1.54, 1.807) is 0 Å². The van der Waals surface area contributed by atoms with Crippen molar-refractivity contribution < 1.29 is 28.4 Å². The van der Waals surface area contributed by atoms with Crippen LogP contribution in [0.2, 0.25) is 0 Å². The molecule has 2 aliphatic rings. The summed E-state index contributed by atoms with van der Waals surface area (Å²) in [5, 5.41) is 10.8. The van der Waals surface area contributed by atoms with Crippen LogP contribution in [0.1, 0.15) is 73.8 Å². The number of pyridine rings is 1. The minimum atomic E-state index is -1.27. The minimum absolute atomic E-state index is 0.0429. The van der Waals surface area contributed by atoms with Crippen molar-refractivity contribution in [3.63, 3.8) is 0 Å². The number of hydrogen-bond acceptors (Lipinski definition) is 6. The molecule has 0 bridgehead atoms. The Labute approximate surface area is 244 Å². The van der Waals surface area contributed by atoms with Crippen LogP contribution in [0.3, 0.4) is 0 Å². The number of aromatic nitrogens is 1. The Kier molecular flexibility index (Phi) is 11.1. The summed E-state index contributed by atoms with van der Waals surface area (Å²) in [7, 11) is 0. The van der Waals surface area contributed by atoms with Crippen LogP contribution in [0.25, 0.3) is 0 Å². The summed E-state index contributed by atoms with van der Waals surface area (Å²) in [4.78, 5) is 69.3. The van der Waals surface area contributed by atoms with Crippen LogP contribution in [-0.2, 0) is 25.7 Å². The Morgan fingerprint density at radius 1 is 0.905 bits per heavy atom. The fraction of sp³-hybridized carbons (Fsp3) is 0.484. The average Bonchev–Trinajstić information content (AvgIpc) is 3.01. The summed E-state index contributed by atoms with van der Waals surface area (Å²) >= 11 is 0. The van der Waals surface area contributed by atoms with Gasteiger partial charge in [0.25, 0.3) is 11.8 Å². The highest BCUT2D eigenvalue weighted by molar-refractivity contribution is 6.38. The van der Waals surface area contributed by atoms with Gasteiger partial charge in [-0.1, -0.05) is 62.4 Å². The predicted molar refractivity (Wildman–Crippen MR) is 152 cm³/mol. The molecule has 3 atom stereocenters. The Hall–Kier alpha value is -4.15. The van der Waals surface area contributed by atoms with Gasteiger partial charge in [-0.15, -0.1) is 0 Å². The van der Waals surface area contributed by atoms with Crippen LogP contribution >= 0.6 is 0 Å². The number of Topliss-reactive ketones (excluding diaryl/α,β-unsaturated/α-hetero) is 1. The van der Waals surface area contributed by atoms with E-state index in [-0.39, 0.29) is 30.5 Å². The summed E-state index contributed by atoms with van der Waals surface area (Å²) in [5.41, 5.74) is 0.750. The van der Waals surface area contributed by atoms with Gasteiger partial charge in [-0.2, -0.15) is 0 Å². The molecule has 4 rings (SSSR count). The van der Waals surface area contributed by atoms with Crippen molar-refractivity contribution in [3.05, 3.63) is 65.7 Å². The lowest BCUT2D eigenvalue weighted by molar-refractivity contribution is -0.141. The van der Waals surface area contributed by atoms with Crippen molar-refractivity contribution >= 4 is 29.4 Å². The zero-order chi connectivity index (χ0) is 29.9. The van der Waals surface area contributed by atoms with Gasteiger partial charge in [0.05, 0.1) is 12.2 Å². The fourth-order valence-electron chi connectivity index (χ4n) is 5.60. The Balaban J connectivity index is 1.50. The van der Waals surface area contributed by atoms with Crippen molar-refractivity contribution in [1.82, 2.24) is 26.3 Å². The second-order valence-electron chi connectivity index (χ2n) is 11.1. The van der Waals surface area contributed by atoms with E-state index in [4.69, 9.17) is 0 Å². The van der Waals surface area contributed by atoms with Gasteiger partial charge in [0.1, 0.15) is 17.6 Å². The number of carbonyl (C=O) groups is 5. The molecule has 1 aliphatic heterocycles. The third kappa shape index (κ3) is 8.92. The van der Waals surface area contributed by atoms with E-state index >= 15 is 0 Å². The first-order chi connectivity index (χ1) is 20.3. The van der Waals surface area contributed by atoms with Gasteiger partial charge in [-0.3, -0.25) is 24.0 Å². The van der Waals surface area contributed by atoms with E-state index in [0.717, 1.165) is 56.4 Å².